The molecule has 0 N–H and O–H groups in total. The van der Waals surface area contributed by atoms with E-state index in [1.807, 2.05) is 20.8 Å². The van der Waals surface area contributed by atoms with E-state index in [1.165, 1.54) is 0 Å². The summed E-state index contributed by atoms with van der Waals surface area (Å²) in [6.07, 6.45) is 2.46. The number of carbonyl (C=O) groups excluding carboxylic acids is 1. The van der Waals surface area contributed by atoms with E-state index in [1.54, 1.807) is 11.9 Å². The van der Waals surface area contributed by atoms with Gasteiger partial charge in [0, 0.05) is 13.1 Å². The maximum Gasteiger partial charge on any atom is 0.239 e. The van der Waals surface area contributed by atoms with Crippen molar-refractivity contribution in [3.63, 3.8) is 0 Å². The van der Waals surface area contributed by atoms with E-state index in [9.17, 15) is 4.79 Å². The first-order valence-corrected chi connectivity index (χ1v) is 5.24. The van der Waals surface area contributed by atoms with E-state index in [0.717, 1.165) is 12.8 Å². The second-order valence-corrected chi connectivity index (χ2v) is 3.68. The lowest BCUT2D eigenvalue weighted by Gasteiger charge is -2.25. The van der Waals surface area contributed by atoms with Crippen molar-refractivity contribution in [2.75, 3.05) is 7.05 Å². The number of hydrogen-bond donors (Lipinski definition) is 0. The third kappa shape index (κ3) is 3.37. The molecular formula is C11H20N2O. The molecule has 1 amide bonds. The first kappa shape index (κ1) is 13.0. The van der Waals surface area contributed by atoms with E-state index in [4.69, 9.17) is 5.26 Å². The standard InChI is InChI=1S/C11H20N2O/c1-5-7-10(8-12)11(14)13(4)9(3)6-2/h9-10H,5-7H2,1-4H3. The quantitative estimate of drug-likeness (QED) is 0.676. The predicted octanol–water partition coefficient (Wildman–Crippen LogP) is 2.18. The zero-order valence-corrected chi connectivity index (χ0v) is 9.58. The smallest absolute Gasteiger partial charge is 0.239 e. The highest BCUT2D eigenvalue weighted by Crippen LogP contribution is 2.11. The van der Waals surface area contributed by atoms with Gasteiger partial charge in [-0.15, -0.1) is 0 Å². The van der Waals surface area contributed by atoms with Gasteiger partial charge in [-0.1, -0.05) is 20.3 Å². The number of rotatable bonds is 5. The Hall–Kier alpha value is -1.04. The summed E-state index contributed by atoms with van der Waals surface area (Å²) in [5, 5.41) is 8.83. The average Bonchev–Trinajstić information content (AvgIpc) is 2.22. The van der Waals surface area contributed by atoms with Gasteiger partial charge in [0.25, 0.3) is 0 Å². The summed E-state index contributed by atoms with van der Waals surface area (Å²) in [5.74, 6) is -0.498. The van der Waals surface area contributed by atoms with Crippen LogP contribution in [0.4, 0.5) is 0 Å². The van der Waals surface area contributed by atoms with Crippen molar-refractivity contribution in [3.8, 4) is 6.07 Å². The molecule has 0 fully saturated rings. The first-order chi connectivity index (χ1) is 6.58. The van der Waals surface area contributed by atoms with Crippen molar-refractivity contribution in [2.24, 2.45) is 5.92 Å². The van der Waals surface area contributed by atoms with Crippen molar-refractivity contribution < 1.29 is 4.79 Å². The Balaban J connectivity index is 4.36. The van der Waals surface area contributed by atoms with Crippen LogP contribution in [-0.2, 0) is 4.79 Å². The molecule has 0 radical (unpaired) electrons. The van der Waals surface area contributed by atoms with Crippen LogP contribution in [0.25, 0.3) is 0 Å². The fourth-order valence-electron chi connectivity index (χ4n) is 1.27. The Bertz CT molecular complexity index is 220. The summed E-state index contributed by atoms with van der Waals surface area (Å²) in [4.78, 5) is 13.5. The van der Waals surface area contributed by atoms with E-state index in [-0.39, 0.29) is 11.9 Å². The fraction of sp³-hybridized carbons (Fsp3) is 0.818. The zero-order valence-electron chi connectivity index (χ0n) is 9.58. The highest BCUT2D eigenvalue weighted by Gasteiger charge is 2.23. The lowest BCUT2D eigenvalue weighted by Crippen LogP contribution is -2.38. The van der Waals surface area contributed by atoms with E-state index < -0.39 is 5.92 Å². The summed E-state index contributed by atoms with van der Waals surface area (Å²) in [6.45, 7) is 6.02. The van der Waals surface area contributed by atoms with Crippen LogP contribution in [0.15, 0.2) is 0 Å². The molecule has 2 unspecified atom stereocenters. The average molecular weight is 196 g/mol. The van der Waals surface area contributed by atoms with Crippen molar-refractivity contribution in [1.29, 1.82) is 5.26 Å². The molecule has 3 nitrogen and oxygen atoms in total. The molecule has 0 rings (SSSR count). The van der Waals surface area contributed by atoms with Gasteiger partial charge in [0.15, 0.2) is 0 Å². The fourth-order valence-corrected chi connectivity index (χ4v) is 1.27. The maximum absolute atomic E-state index is 11.8. The van der Waals surface area contributed by atoms with Gasteiger partial charge in [0.1, 0.15) is 5.92 Å². The van der Waals surface area contributed by atoms with Crippen molar-refractivity contribution in [2.45, 2.75) is 46.1 Å². The normalized spacial score (nSPS) is 14.2. The maximum atomic E-state index is 11.8. The van der Waals surface area contributed by atoms with Gasteiger partial charge in [-0.05, 0) is 19.8 Å². The monoisotopic (exact) mass is 196 g/mol. The van der Waals surface area contributed by atoms with Gasteiger partial charge >= 0.3 is 0 Å². The number of nitrogens with zero attached hydrogens (tertiary/aromatic N) is 2. The van der Waals surface area contributed by atoms with Gasteiger partial charge in [0.05, 0.1) is 6.07 Å². The molecule has 0 saturated carbocycles. The van der Waals surface area contributed by atoms with Gasteiger partial charge in [0.2, 0.25) is 5.91 Å². The van der Waals surface area contributed by atoms with E-state index in [0.29, 0.717) is 6.42 Å². The van der Waals surface area contributed by atoms with Crippen molar-refractivity contribution >= 4 is 5.91 Å². The minimum atomic E-state index is -0.459. The Morgan fingerprint density at radius 3 is 2.43 bits per heavy atom. The molecule has 0 aliphatic heterocycles. The number of amides is 1. The minimum absolute atomic E-state index is 0.0382. The third-order valence-electron chi connectivity index (χ3n) is 2.63. The van der Waals surface area contributed by atoms with Crippen molar-refractivity contribution in [3.05, 3.63) is 0 Å². The molecule has 0 aliphatic rings. The van der Waals surface area contributed by atoms with Crippen molar-refractivity contribution in [1.82, 2.24) is 4.90 Å². The molecule has 0 aromatic carbocycles. The molecule has 80 valence electrons. The Morgan fingerprint density at radius 1 is 1.50 bits per heavy atom. The summed E-state index contributed by atoms with van der Waals surface area (Å²) >= 11 is 0. The van der Waals surface area contributed by atoms with Gasteiger partial charge < -0.3 is 4.90 Å². The molecule has 3 heteroatoms. The molecule has 14 heavy (non-hydrogen) atoms. The van der Waals surface area contributed by atoms with Crippen LogP contribution in [0.1, 0.15) is 40.0 Å². The highest BCUT2D eigenvalue weighted by atomic mass is 16.2. The molecule has 0 spiro atoms. The van der Waals surface area contributed by atoms with Crippen LogP contribution in [0.3, 0.4) is 0 Å². The van der Waals surface area contributed by atoms with Crippen LogP contribution in [0.2, 0.25) is 0 Å². The lowest BCUT2D eigenvalue weighted by molar-refractivity contribution is -0.134. The van der Waals surface area contributed by atoms with Gasteiger partial charge in [-0.25, -0.2) is 0 Å². The lowest BCUT2D eigenvalue weighted by atomic mass is 10.0. The summed E-state index contributed by atoms with van der Waals surface area (Å²) in [7, 11) is 1.77. The molecule has 0 aromatic rings. The second-order valence-electron chi connectivity index (χ2n) is 3.68. The van der Waals surface area contributed by atoms with E-state index in [2.05, 4.69) is 6.07 Å². The van der Waals surface area contributed by atoms with E-state index >= 15 is 0 Å². The van der Waals surface area contributed by atoms with Crippen LogP contribution < -0.4 is 0 Å². The SMILES string of the molecule is CCCC(C#N)C(=O)N(C)C(C)CC. The third-order valence-corrected chi connectivity index (χ3v) is 2.63. The molecule has 0 aromatic heterocycles. The Kier molecular flexibility index (Phi) is 5.94. The largest absolute Gasteiger partial charge is 0.342 e. The summed E-state index contributed by atoms with van der Waals surface area (Å²) in [6, 6.07) is 2.29. The molecule has 2 atom stereocenters. The summed E-state index contributed by atoms with van der Waals surface area (Å²) < 4.78 is 0. The van der Waals surface area contributed by atoms with Crippen LogP contribution >= 0.6 is 0 Å². The molecule has 0 heterocycles. The van der Waals surface area contributed by atoms with Crippen LogP contribution in [-0.4, -0.2) is 23.9 Å². The highest BCUT2D eigenvalue weighted by molar-refractivity contribution is 5.81. The van der Waals surface area contributed by atoms with Gasteiger partial charge in [-0.2, -0.15) is 5.26 Å². The van der Waals surface area contributed by atoms with Crippen LogP contribution in [0.5, 0.6) is 0 Å². The Morgan fingerprint density at radius 2 is 2.07 bits per heavy atom. The molecule has 0 aliphatic carbocycles. The predicted molar refractivity (Wildman–Crippen MR) is 56.5 cm³/mol. The summed E-state index contributed by atoms with van der Waals surface area (Å²) in [5.41, 5.74) is 0. The first-order valence-electron chi connectivity index (χ1n) is 5.24. The molecule has 0 bridgehead atoms. The second kappa shape index (κ2) is 6.42. The zero-order chi connectivity index (χ0) is 11.1. The minimum Gasteiger partial charge on any atom is -0.342 e. The van der Waals surface area contributed by atoms with Crippen LogP contribution in [0, 0.1) is 17.2 Å². The molecule has 0 saturated heterocycles. The Labute approximate surface area is 86.7 Å². The number of carbonyl (C=O) groups is 1. The van der Waals surface area contributed by atoms with Gasteiger partial charge in [-0.3, -0.25) is 4.79 Å². The number of hydrogen-bond acceptors (Lipinski definition) is 2. The molecular weight excluding hydrogens is 176 g/mol. The number of nitriles is 1. The topological polar surface area (TPSA) is 44.1 Å².